The molecule has 3 aromatic rings. The molecule has 0 fully saturated rings. The van der Waals surface area contributed by atoms with Crippen LogP contribution >= 0.6 is 11.3 Å². The van der Waals surface area contributed by atoms with Gasteiger partial charge in [0.05, 0.1) is 30.8 Å². The zero-order valence-electron chi connectivity index (χ0n) is 16.5. The molecule has 2 heterocycles. The van der Waals surface area contributed by atoms with Crippen LogP contribution in [0, 0.1) is 5.41 Å². The van der Waals surface area contributed by atoms with E-state index in [2.05, 4.69) is 4.98 Å². The number of amidine groups is 1. The average molecular weight is 420 g/mol. The summed E-state index contributed by atoms with van der Waals surface area (Å²) in [7, 11) is 0. The van der Waals surface area contributed by atoms with Crippen LogP contribution in [0.4, 0.5) is 5.69 Å². The monoisotopic (exact) mass is 419 g/mol. The van der Waals surface area contributed by atoms with Crippen molar-refractivity contribution < 1.29 is 14.6 Å². The summed E-state index contributed by atoms with van der Waals surface area (Å²) in [5.74, 6) is 0.0721. The number of aromatic nitrogens is 1. The average Bonchev–Trinajstić information content (AvgIpc) is 3.34. The Morgan fingerprint density at radius 3 is 2.63 bits per heavy atom. The molecule has 0 atom stereocenters. The van der Waals surface area contributed by atoms with E-state index in [1.807, 2.05) is 60.0 Å². The van der Waals surface area contributed by atoms with Crippen molar-refractivity contribution in [3.8, 4) is 11.3 Å². The second-order valence-electron chi connectivity index (χ2n) is 6.81. The minimum Gasteiger partial charge on any atom is -0.510 e. The summed E-state index contributed by atoms with van der Waals surface area (Å²) in [5.41, 5.74) is 3.89. The lowest BCUT2D eigenvalue weighted by molar-refractivity contribution is -0.142. The van der Waals surface area contributed by atoms with Crippen molar-refractivity contribution in [1.82, 2.24) is 4.98 Å². The van der Waals surface area contributed by atoms with Crippen molar-refractivity contribution in [2.24, 2.45) is 0 Å². The number of nitrogens with one attached hydrogen (secondary N) is 1. The molecule has 2 aromatic carbocycles. The van der Waals surface area contributed by atoms with Gasteiger partial charge in [-0.3, -0.25) is 10.2 Å². The van der Waals surface area contributed by atoms with E-state index in [0.717, 1.165) is 22.5 Å². The third-order valence-corrected chi connectivity index (χ3v) is 5.65. The first-order valence-corrected chi connectivity index (χ1v) is 10.5. The molecule has 0 radical (unpaired) electrons. The number of benzene rings is 2. The number of nitrogens with zero attached hydrogens (tertiary/aromatic N) is 2. The SMILES string of the molecule is CCOC(=O)Cc1ccc(N2CC(O)=C(c3nc(-c4ccccc4)cs3)C2=N)cc1. The molecule has 0 unspecified atom stereocenters. The summed E-state index contributed by atoms with van der Waals surface area (Å²) < 4.78 is 4.97. The van der Waals surface area contributed by atoms with Crippen molar-refractivity contribution in [2.75, 3.05) is 18.1 Å². The van der Waals surface area contributed by atoms with Gasteiger partial charge in [-0.15, -0.1) is 11.3 Å². The lowest BCUT2D eigenvalue weighted by atomic mass is 10.1. The van der Waals surface area contributed by atoms with Crippen molar-refractivity contribution >= 4 is 34.4 Å². The van der Waals surface area contributed by atoms with Gasteiger partial charge in [0.2, 0.25) is 0 Å². The van der Waals surface area contributed by atoms with Crippen LogP contribution in [0.5, 0.6) is 0 Å². The Morgan fingerprint density at radius 2 is 1.93 bits per heavy atom. The third-order valence-electron chi connectivity index (χ3n) is 4.79. The van der Waals surface area contributed by atoms with Crippen LogP contribution in [-0.2, 0) is 16.0 Å². The molecule has 152 valence electrons. The molecule has 7 heteroatoms. The van der Waals surface area contributed by atoms with Crippen molar-refractivity contribution in [1.29, 1.82) is 5.41 Å². The molecule has 0 saturated carbocycles. The Labute approximate surface area is 178 Å². The standard InChI is InChI=1S/C23H21N3O3S/c1-2-29-20(28)12-15-8-10-17(11-9-15)26-13-19(27)21(22(26)24)23-25-18(14-30-23)16-6-4-3-5-7-16/h3-11,14,24,27H,2,12-13H2,1H3. The van der Waals surface area contributed by atoms with Crippen molar-refractivity contribution in [3.63, 3.8) is 0 Å². The number of carbonyl (C=O) groups is 1. The van der Waals surface area contributed by atoms with E-state index in [1.54, 1.807) is 11.8 Å². The van der Waals surface area contributed by atoms with E-state index in [0.29, 0.717) is 17.2 Å². The molecule has 0 saturated heterocycles. The van der Waals surface area contributed by atoms with E-state index in [9.17, 15) is 9.90 Å². The predicted molar refractivity (Wildman–Crippen MR) is 119 cm³/mol. The molecule has 0 amide bonds. The molecular formula is C23H21N3O3S. The number of rotatable bonds is 6. The van der Waals surface area contributed by atoms with Crippen LogP contribution in [0.15, 0.2) is 65.7 Å². The maximum atomic E-state index is 11.6. The van der Waals surface area contributed by atoms with Gasteiger partial charge in [0, 0.05) is 16.6 Å². The second-order valence-corrected chi connectivity index (χ2v) is 7.67. The quantitative estimate of drug-likeness (QED) is 0.567. The number of thiazole rings is 1. The van der Waals surface area contributed by atoms with Gasteiger partial charge in [0.1, 0.15) is 16.6 Å². The number of esters is 1. The Hall–Kier alpha value is -3.45. The number of anilines is 1. The Bertz CT molecular complexity index is 1100. The zero-order valence-corrected chi connectivity index (χ0v) is 17.3. The van der Waals surface area contributed by atoms with Crippen LogP contribution in [0.25, 0.3) is 16.8 Å². The van der Waals surface area contributed by atoms with Gasteiger partial charge < -0.3 is 14.7 Å². The highest BCUT2D eigenvalue weighted by molar-refractivity contribution is 7.11. The molecule has 30 heavy (non-hydrogen) atoms. The number of carbonyl (C=O) groups excluding carboxylic acids is 1. The highest BCUT2D eigenvalue weighted by Gasteiger charge is 2.31. The van der Waals surface area contributed by atoms with Crippen LogP contribution in [0.3, 0.4) is 0 Å². The number of aliphatic hydroxyl groups excluding tert-OH is 1. The maximum absolute atomic E-state index is 11.6. The van der Waals surface area contributed by atoms with E-state index in [1.165, 1.54) is 11.3 Å². The van der Waals surface area contributed by atoms with Gasteiger partial charge in [0.25, 0.3) is 0 Å². The first-order valence-electron chi connectivity index (χ1n) is 9.61. The lowest BCUT2D eigenvalue weighted by Gasteiger charge is -2.19. The van der Waals surface area contributed by atoms with Gasteiger partial charge in [0.15, 0.2) is 0 Å². The van der Waals surface area contributed by atoms with E-state index >= 15 is 0 Å². The van der Waals surface area contributed by atoms with Gasteiger partial charge in [-0.1, -0.05) is 42.5 Å². The number of hydrogen-bond donors (Lipinski definition) is 2. The van der Waals surface area contributed by atoms with Crippen molar-refractivity contribution in [2.45, 2.75) is 13.3 Å². The normalized spacial score (nSPS) is 13.8. The molecule has 0 aliphatic carbocycles. The number of hydrogen-bond acceptors (Lipinski definition) is 6. The minimum absolute atomic E-state index is 0.129. The summed E-state index contributed by atoms with van der Waals surface area (Å²) >= 11 is 1.41. The first kappa shape index (κ1) is 19.8. The number of aliphatic hydroxyl groups is 1. The van der Waals surface area contributed by atoms with E-state index < -0.39 is 0 Å². The predicted octanol–water partition coefficient (Wildman–Crippen LogP) is 4.68. The smallest absolute Gasteiger partial charge is 0.310 e. The maximum Gasteiger partial charge on any atom is 0.310 e. The van der Waals surface area contributed by atoms with Gasteiger partial charge in [-0.05, 0) is 24.6 Å². The summed E-state index contributed by atoms with van der Waals surface area (Å²) in [6.07, 6.45) is 0.210. The van der Waals surface area contributed by atoms with Crippen LogP contribution < -0.4 is 4.90 Å². The van der Waals surface area contributed by atoms with E-state index in [-0.39, 0.29) is 30.5 Å². The third kappa shape index (κ3) is 3.97. The minimum atomic E-state index is -0.265. The highest BCUT2D eigenvalue weighted by Crippen LogP contribution is 2.34. The van der Waals surface area contributed by atoms with Crippen LogP contribution in [-0.4, -0.2) is 35.0 Å². The fraction of sp³-hybridized carbons (Fsp3) is 0.174. The lowest BCUT2D eigenvalue weighted by Crippen LogP contribution is -2.26. The van der Waals surface area contributed by atoms with Crippen LogP contribution in [0.2, 0.25) is 0 Å². The largest absolute Gasteiger partial charge is 0.510 e. The fourth-order valence-electron chi connectivity index (χ4n) is 3.33. The molecule has 1 aromatic heterocycles. The fourth-order valence-corrected chi connectivity index (χ4v) is 4.22. The topological polar surface area (TPSA) is 86.5 Å². The Kier molecular flexibility index (Phi) is 5.63. The Balaban J connectivity index is 1.51. The number of ether oxygens (including phenoxy) is 1. The molecule has 0 spiro atoms. The highest BCUT2D eigenvalue weighted by atomic mass is 32.1. The summed E-state index contributed by atoms with van der Waals surface area (Å²) in [5, 5.41) is 21.7. The molecule has 6 nitrogen and oxygen atoms in total. The summed E-state index contributed by atoms with van der Waals surface area (Å²) in [4.78, 5) is 18.0. The van der Waals surface area contributed by atoms with Crippen molar-refractivity contribution in [3.05, 3.63) is 76.3 Å². The summed E-state index contributed by atoms with van der Waals surface area (Å²) in [6, 6.07) is 17.2. The van der Waals surface area contributed by atoms with E-state index in [4.69, 9.17) is 10.1 Å². The molecular weight excluding hydrogens is 398 g/mol. The second kappa shape index (κ2) is 8.51. The summed E-state index contributed by atoms with van der Waals surface area (Å²) in [6.45, 7) is 2.35. The molecule has 1 aliphatic rings. The molecule has 1 aliphatic heterocycles. The van der Waals surface area contributed by atoms with Crippen LogP contribution in [0.1, 0.15) is 17.5 Å². The van der Waals surface area contributed by atoms with Gasteiger partial charge >= 0.3 is 5.97 Å². The van der Waals surface area contributed by atoms with Gasteiger partial charge in [-0.25, -0.2) is 4.98 Å². The first-order chi connectivity index (χ1) is 14.6. The Morgan fingerprint density at radius 1 is 1.20 bits per heavy atom. The molecule has 4 rings (SSSR count). The molecule has 2 N–H and O–H groups in total. The zero-order chi connectivity index (χ0) is 21.1. The molecule has 0 bridgehead atoms. The van der Waals surface area contributed by atoms with Gasteiger partial charge in [-0.2, -0.15) is 0 Å².